The lowest BCUT2D eigenvalue weighted by Gasteiger charge is -2.29. The minimum atomic E-state index is -0.118. The molecule has 6 heteroatoms. The van der Waals surface area contributed by atoms with E-state index < -0.39 is 0 Å². The van der Waals surface area contributed by atoms with Crippen molar-refractivity contribution in [2.24, 2.45) is 0 Å². The lowest BCUT2D eigenvalue weighted by molar-refractivity contribution is 0.00893. The van der Waals surface area contributed by atoms with Crippen LogP contribution in [-0.4, -0.2) is 44.8 Å². The minimum absolute atomic E-state index is 0.0772. The molecule has 1 aromatic heterocycles. The Morgan fingerprint density at radius 2 is 1.90 bits per heavy atom. The summed E-state index contributed by atoms with van der Waals surface area (Å²) < 4.78 is 11.1. The average Bonchev–Trinajstić information content (AvgIpc) is 2.72. The van der Waals surface area contributed by atoms with E-state index in [-0.39, 0.29) is 11.9 Å². The van der Waals surface area contributed by atoms with E-state index in [0.29, 0.717) is 18.1 Å². The molecule has 3 heterocycles. The quantitative estimate of drug-likeness (QED) is 0.720. The Balaban J connectivity index is 1.53. The molecular formula is C24H25N3O3. The molecule has 154 valence electrons. The van der Waals surface area contributed by atoms with Gasteiger partial charge in [-0.1, -0.05) is 36.4 Å². The monoisotopic (exact) mass is 403 g/mol. The normalized spacial score (nSPS) is 18.3. The Bertz CT molecular complexity index is 1110. The van der Waals surface area contributed by atoms with Crippen LogP contribution >= 0.6 is 0 Å². The Hall–Kier alpha value is -3.12. The predicted octanol–water partition coefficient (Wildman–Crippen LogP) is 3.67. The first kappa shape index (κ1) is 18.9. The maximum absolute atomic E-state index is 13.3. The molecule has 1 saturated heterocycles. The first-order valence-electron chi connectivity index (χ1n) is 10.3. The van der Waals surface area contributed by atoms with E-state index in [1.165, 1.54) is 5.56 Å². The summed E-state index contributed by atoms with van der Waals surface area (Å²) in [5.41, 5.74) is 4.62. The number of rotatable bonds is 4. The highest BCUT2D eigenvalue weighted by molar-refractivity contribution is 6.08. The molecule has 0 radical (unpaired) electrons. The van der Waals surface area contributed by atoms with Crippen molar-refractivity contribution in [2.45, 2.75) is 18.4 Å². The third-order valence-corrected chi connectivity index (χ3v) is 5.93. The number of hydrogen-bond acceptors (Lipinski definition) is 5. The maximum Gasteiger partial charge on any atom is 0.255 e. The number of anilines is 1. The Kier molecular flexibility index (Phi) is 4.79. The predicted molar refractivity (Wildman–Crippen MR) is 116 cm³/mol. The molecule has 2 aliphatic rings. The topological polar surface area (TPSA) is 63.7 Å². The van der Waals surface area contributed by atoms with Crippen LogP contribution < -0.4 is 15.0 Å². The van der Waals surface area contributed by atoms with E-state index in [1.54, 1.807) is 6.20 Å². The summed E-state index contributed by atoms with van der Waals surface area (Å²) in [7, 11) is 3.93. The molecule has 1 fully saturated rings. The van der Waals surface area contributed by atoms with Crippen LogP contribution in [0.3, 0.4) is 0 Å². The van der Waals surface area contributed by atoms with Crippen molar-refractivity contribution < 1.29 is 14.3 Å². The lowest BCUT2D eigenvalue weighted by atomic mass is 9.93. The first-order chi connectivity index (χ1) is 14.6. The number of amides is 1. The molecular weight excluding hydrogens is 378 g/mol. The third kappa shape index (κ3) is 3.17. The zero-order chi connectivity index (χ0) is 20.7. The van der Waals surface area contributed by atoms with Crippen LogP contribution in [0.2, 0.25) is 0 Å². The van der Waals surface area contributed by atoms with Gasteiger partial charge >= 0.3 is 0 Å². The van der Waals surface area contributed by atoms with Crippen LogP contribution in [0.1, 0.15) is 39.9 Å². The zero-order valence-electron chi connectivity index (χ0n) is 17.2. The van der Waals surface area contributed by atoms with Crippen molar-refractivity contribution in [3.8, 4) is 5.75 Å². The van der Waals surface area contributed by atoms with E-state index in [2.05, 4.69) is 11.4 Å². The second-order valence-electron chi connectivity index (χ2n) is 8.09. The second kappa shape index (κ2) is 7.61. The van der Waals surface area contributed by atoms with Crippen LogP contribution in [0.4, 0.5) is 5.69 Å². The van der Waals surface area contributed by atoms with Crippen molar-refractivity contribution >= 4 is 22.5 Å². The van der Waals surface area contributed by atoms with Gasteiger partial charge in [-0.3, -0.25) is 9.78 Å². The fourth-order valence-electron chi connectivity index (χ4n) is 4.35. The van der Waals surface area contributed by atoms with Crippen molar-refractivity contribution in [1.29, 1.82) is 0 Å². The molecule has 0 bridgehead atoms. The third-order valence-electron chi connectivity index (χ3n) is 5.93. The summed E-state index contributed by atoms with van der Waals surface area (Å²) in [5, 5.41) is 4.20. The van der Waals surface area contributed by atoms with Gasteiger partial charge in [-0.25, -0.2) is 0 Å². The number of carbonyl (C=O) groups is 1. The van der Waals surface area contributed by atoms with Gasteiger partial charge in [0, 0.05) is 43.6 Å². The summed E-state index contributed by atoms with van der Waals surface area (Å²) in [5.74, 6) is 1.09. The molecule has 2 aliphatic heterocycles. The van der Waals surface area contributed by atoms with Gasteiger partial charge in [0.15, 0.2) is 0 Å². The number of fused-ring (bicyclic) bond motifs is 2. The number of pyridine rings is 1. The summed E-state index contributed by atoms with van der Waals surface area (Å²) in [4.78, 5) is 20.1. The molecule has 0 spiro atoms. The zero-order valence-corrected chi connectivity index (χ0v) is 17.2. The van der Waals surface area contributed by atoms with Crippen molar-refractivity contribution in [3.05, 3.63) is 65.4 Å². The molecule has 1 amide bonds. The van der Waals surface area contributed by atoms with Crippen molar-refractivity contribution in [2.75, 3.05) is 38.8 Å². The van der Waals surface area contributed by atoms with Gasteiger partial charge in [-0.05, 0) is 11.6 Å². The Morgan fingerprint density at radius 3 is 2.67 bits per heavy atom. The molecule has 30 heavy (non-hydrogen) atoms. The van der Waals surface area contributed by atoms with Crippen LogP contribution in [0.5, 0.6) is 5.75 Å². The standard InChI is InChI=1S/C24H25N3O3/c1-27(2)23-18-8-5-7-16(15-13-29-14-15)22(18)25-12-19(23)24(28)26-20-10-11-30-21-9-4-3-6-17(20)21/h3-9,12,15,20H,10-11,13-14H2,1-2H3,(H,26,28). The van der Waals surface area contributed by atoms with Gasteiger partial charge in [0.1, 0.15) is 5.75 Å². The molecule has 3 aromatic rings. The molecule has 0 saturated carbocycles. The largest absolute Gasteiger partial charge is 0.493 e. The number of hydrogen-bond donors (Lipinski definition) is 1. The first-order valence-corrected chi connectivity index (χ1v) is 10.3. The number of ether oxygens (including phenoxy) is 2. The van der Waals surface area contributed by atoms with Gasteiger partial charge in [0.2, 0.25) is 0 Å². The molecule has 1 N–H and O–H groups in total. The summed E-state index contributed by atoms with van der Waals surface area (Å²) in [6.45, 7) is 2.04. The summed E-state index contributed by atoms with van der Waals surface area (Å²) in [6.07, 6.45) is 2.45. The molecule has 6 nitrogen and oxygen atoms in total. The van der Waals surface area contributed by atoms with Crippen LogP contribution in [0.25, 0.3) is 10.9 Å². The smallest absolute Gasteiger partial charge is 0.255 e. The van der Waals surface area contributed by atoms with E-state index >= 15 is 0 Å². The Morgan fingerprint density at radius 1 is 1.10 bits per heavy atom. The summed E-state index contributed by atoms with van der Waals surface area (Å²) in [6, 6.07) is 14.0. The number of para-hydroxylation sites is 2. The van der Waals surface area contributed by atoms with Crippen LogP contribution in [0, 0.1) is 0 Å². The highest BCUT2D eigenvalue weighted by atomic mass is 16.5. The van der Waals surface area contributed by atoms with Gasteiger partial charge in [-0.15, -0.1) is 0 Å². The molecule has 5 rings (SSSR count). The fraction of sp³-hybridized carbons (Fsp3) is 0.333. The van der Waals surface area contributed by atoms with Crippen molar-refractivity contribution in [3.63, 3.8) is 0 Å². The number of carbonyl (C=O) groups excluding carboxylic acids is 1. The van der Waals surface area contributed by atoms with Crippen LogP contribution in [0.15, 0.2) is 48.7 Å². The number of nitrogens with zero attached hydrogens (tertiary/aromatic N) is 2. The second-order valence-corrected chi connectivity index (χ2v) is 8.09. The van der Waals surface area contributed by atoms with E-state index in [9.17, 15) is 4.79 Å². The minimum Gasteiger partial charge on any atom is -0.493 e. The molecule has 1 atom stereocenters. The van der Waals surface area contributed by atoms with Gasteiger partial charge < -0.3 is 19.7 Å². The van der Waals surface area contributed by atoms with Gasteiger partial charge in [0.05, 0.1) is 42.6 Å². The fourth-order valence-corrected chi connectivity index (χ4v) is 4.35. The number of aromatic nitrogens is 1. The van der Waals surface area contributed by atoms with E-state index in [0.717, 1.165) is 47.5 Å². The number of nitrogens with one attached hydrogen (secondary N) is 1. The molecule has 1 unspecified atom stereocenters. The van der Waals surface area contributed by atoms with Gasteiger partial charge in [0.25, 0.3) is 5.91 Å². The molecule has 2 aromatic carbocycles. The highest BCUT2D eigenvalue weighted by Gasteiger charge is 2.27. The SMILES string of the molecule is CN(C)c1c(C(=O)NC2CCOc3ccccc32)cnc2c(C3COC3)cccc12. The van der Waals surface area contributed by atoms with E-state index in [1.807, 2.05) is 55.4 Å². The van der Waals surface area contributed by atoms with E-state index in [4.69, 9.17) is 14.5 Å². The highest BCUT2D eigenvalue weighted by Crippen LogP contribution is 2.36. The Labute approximate surface area is 175 Å². The maximum atomic E-state index is 13.3. The van der Waals surface area contributed by atoms with Gasteiger partial charge in [-0.2, -0.15) is 0 Å². The summed E-state index contributed by atoms with van der Waals surface area (Å²) >= 11 is 0. The van der Waals surface area contributed by atoms with Crippen LogP contribution in [-0.2, 0) is 4.74 Å². The van der Waals surface area contributed by atoms with Crippen molar-refractivity contribution in [1.82, 2.24) is 10.3 Å². The average molecular weight is 403 g/mol. The lowest BCUT2D eigenvalue weighted by Crippen LogP contribution is -2.33. The molecule has 0 aliphatic carbocycles. The number of benzene rings is 2.